The van der Waals surface area contributed by atoms with E-state index in [-0.39, 0.29) is 0 Å². The van der Waals surface area contributed by atoms with Crippen LogP contribution in [-0.2, 0) is 6.54 Å². The van der Waals surface area contributed by atoms with E-state index in [1.165, 1.54) is 0 Å². The molecule has 3 aromatic carbocycles. The van der Waals surface area contributed by atoms with Gasteiger partial charge < -0.3 is 24.1 Å². The van der Waals surface area contributed by atoms with E-state index in [0.29, 0.717) is 35.6 Å². The summed E-state index contributed by atoms with van der Waals surface area (Å²) in [5.74, 6) is 2.64. The van der Waals surface area contributed by atoms with Crippen LogP contribution in [0.4, 0.5) is 0 Å². The van der Waals surface area contributed by atoms with Gasteiger partial charge >= 0.3 is 0 Å². The number of rotatable bonds is 6. The summed E-state index contributed by atoms with van der Waals surface area (Å²) in [7, 11) is 6.55. The van der Waals surface area contributed by atoms with Gasteiger partial charge in [0, 0.05) is 19.1 Å². The molecule has 0 radical (unpaired) electrons. The Morgan fingerprint density at radius 1 is 0.839 bits per heavy atom. The number of hydrogen-bond acceptors (Lipinski definition) is 6. The van der Waals surface area contributed by atoms with E-state index in [4.69, 9.17) is 18.9 Å². The second-order valence-corrected chi connectivity index (χ2v) is 8.10. The van der Waals surface area contributed by atoms with Crippen LogP contribution in [0.1, 0.15) is 37.5 Å². The first kappa shape index (κ1) is 21.5. The van der Waals surface area contributed by atoms with Crippen molar-refractivity contribution < 1.29 is 24.1 Å². The van der Waals surface area contributed by atoms with Crippen LogP contribution in [0.2, 0.25) is 0 Å². The van der Waals surface area contributed by atoms with Gasteiger partial charge in [-0.1, -0.05) is 6.92 Å². The molecule has 0 aromatic heterocycles. The van der Waals surface area contributed by atoms with E-state index in [2.05, 4.69) is 18.7 Å². The molecule has 3 aromatic rings. The molecular weight excluding hydrogens is 394 g/mol. The third-order valence-electron chi connectivity index (χ3n) is 6.59. The van der Waals surface area contributed by atoms with Crippen LogP contribution in [0, 0.1) is 0 Å². The highest BCUT2D eigenvalue weighted by molar-refractivity contribution is 6.13. The second-order valence-electron chi connectivity index (χ2n) is 8.10. The fourth-order valence-electron chi connectivity index (χ4n) is 4.71. The maximum Gasteiger partial charge on any atom is 0.161 e. The molecule has 166 valence electrons. The van der Waals surface area contributed by atoms with E-state index >= 15 is 0 Å². The lowest BCUT2D eigenvalue weighted by Gasteiger charge is -2.37. The maximum absolute atomic E-state index is 11.3. The largest absolute Gasteiger partial charge is 0.493 e. The lowest BCUT2D eigenvalue weighted by Crippen LogP contribution is -2.39. The molecule has 4 rings (SSSR count). The lowest BCUT2D eigenvalue weighted by molar-refractivity contribution is 0.0704. The molecule has 0 saturated carbocycles. The third-order valence-corrected chi connectivity index (χ3v) is 6.59. The van der Waals surface area contributed by atoms with E-state index < -0.39 is 6.10 Å². The molecule has 1 N–H and O–H groups in total. The minimum Gasteiger partial charge on any atom is -0.493 e. The smallest absolute Gasteiger partial charge is 0.161 e. The highest BCUT2D eigenvalue weighted by atomic mass is 16.5. The van der Waals surface area contributed by atoms with Crippen molar-refractivity contribution >= 4 is 21.5 Å². The zero-order valence-electron chi connectivity index (χ0n) is 19.1. The quantitative estimate of drug-likeness (QED) is 0.579. The summed E-state index contributed by atoms with van der Waals surface area (Å²) in [6.07, 6.45) is 0.422. The van der Waals surface area contributed by atoms with Crippen LogP contribution in [0.25, 0.3) is 21.5 Å². The van der Waals surface area contributed by atoms with Crippen molar-refractivity contribution in [3.63, 3.8) is 0 Å². The Morgan fingerprint density at radius 2 is 1.29 bits per heavy atom. The van der Waals surface area contributed by atoms with Crippen LogP contribution < -0.4 is 18.9 Å². The minimum atomic E-state index is -0.601. The molecule has 0 fully saturated rings. The van der Waals surface area contributed by atoms with Gasteiger partial charge in [-0.05, 0) is 70.3 Å². The molecule has 6 nitrogen and oxygen atoms in total. The minimum absolute atomic E-state index is 0.374. The van der Waals surface area contributed by atoms with Crippen molar-refractivity contribution in [2.24, 2.45) is 0 Å². The number of aliphatic hydroxyl groups is 1. The second kappa shape index (κ2) is 8.44. The number of methoxy groups -OCH3 is 4. The van der Waals surface area contributed by atoms with E-state index in [0.717, 1.165) is 45.6 Å². The predicted molar refractivity (Wildman–Crippen MR) is 123 cm³/mol. The Bertz CT molecular complexity index is 1130. The average molecular weight is 426 g/mol. The monoisotopic (exact) mass is 425 g/mol. The molecule has 6 heteroatoms. The molecule has 2 atom stereocenters. The lowest BCUT2D eigenvalue weighted by atomic mass is 9.85. The molecule has 0 amide bonds. The van der Waals surface area contributed by atoms with Crippen LogP contribution in [0.3, 0.4) is 0 Å². The van der Waals surface area contributed by atoms with Crippen LogP contribution in [-0.4, -0.2) is 51.0 Å². The highest BCUT2D eigenvalue weighted by Gasteiger charge is 2.31. The summed E-state index contributed by atoms with van der Waals surface area (Å²) in [4.78, 5) is 2.34. The van der Waals surface area contributed by atoms with Crippen molar-refractivity contribution in [2.75, 3.05) is 35.0 Å². The number of aliphatic hydroxyl groups excluding tert-OH is 1. The van der Waals surface area contributed by atoms with Gasteiger partial charge in [0.2, 0.25) is 0 Å². The SMILES string of the molecule is CCC(C)N1Cc2c(c3cc(OC)c(OC)cc3c3cc(OC)c(OC)cc23)C(O)C1. The Balaban J connectivity index is 2.13. The molecule has 0 aliphatic carbocycles. The molecule has 2 unspecified atom stereocenters. The van der Waals surface area contributed by atoms with Crippen molar-refractivity contribution in [2.45, 2.75) is 39.0 Å². The third kappa shape index (κ3) is 3.44. The van der Waals surface area contributed by atoms with Crippen molar-refractivity contribution in [1.29, 1.82) is 0 Å². The Hall–Kier alpha value is -2.70. The van der Waals surface area contributed by atoms with Crippen molar-refractivity contribution in [3.05, 3.63) is 35.4 Å². The Labute approximate surface area is 183 Å². The summed E-state index contributed by atoms with van der Waals surface area (Å²) in [5, 5.41) is 15.3. The van der Waals surface area contributed by atoms with Gasteiger partial charge in [-0.15, -0.1) is 0 Å². The van der Waals surface area contributed by atoms with Gasteiger partial charge in [0.25, 0.3) is 0 Å². The average Bonchev–Trinajstić information content (AvgIpc) is 2.81. The molecule has 0 spiro atoms. The Morgan fingerprint density at radius 3 is 1.77 bits per heavy atom. The summed E-state index contributed by atoms with van der Waals surface area (Å²) in [6.45, 7) is 5.75. The molecule has 1 aliphatic rings. The van der Waals surface area contributed by atoms with Crippen molar-refractivity contribution in [3.8, 4) is 23.0 Å². The number of β-amino-alcohol motifs (C(OH)–C–C–N with tert-alkyl or cyclic N) is 1. The summed E-state index contributed by atoms with van der Waals surface area (Å²) in [5.41, 5.74) is 2.07. The van der Waals surface area contributed by atoms with Gasteiger partial charge in [0.1, 0.15) is 0 Å². The van der Waals surface area contributed by atoms with Gasteiger partial charge in [0.05, 0.1) is 34.5 Å². The number of nitrogens with zero attached hydrogens (tertiary/aromatic N) is 1. The molecule has 31 heavy (non-hydrogen) atoms. The predicted octanol–water partition coefficient (Wildman–Crippen LogP) is 4.67. The first-order valence-electron chi connectivity index (χ1n) is 10.7. The van der Waals surface area contributed by atoms with E-state index in [9.17, 15) is 5.11 Å². The van der Waals surface area contributed by atoms with Gasteiger partial charge in [-0.25, -0.2) is 0 Å². The topological polar surface area (TPSA) is 60.4 Å². The molecule has 1 heterocycles. The summed E-state index contributed by atoms with van der Waals surface area (Å²) < 4.78 is 22.4. The standard InChI is InChI=1S/C25H31NO5/c1-7-14(2)26-12-19-17-10-23(30-5)21(28-3)8-15(17)16-9-22(29-4)24(31-6)11-18(16)25(19)20(27)13-26/h8-11,14,20,27H,7,12-13H2,1-6H3. The molecule has 0 bridgehead atoms. The normalized spacial score (nSPS) is 17.5. The van der Waals surface area contributed by atoms with Crippen LogP contribution in [0.5, 0.6) is 23.0 Å². The fraction of sp³-hybridized carbons (Fsp3) is 0.440. The van der Waals surface area contributed by atoms with E-state index in [1.54, 1.807) is 28.4 Å². The van der Waals surface area contributed by atoms with Crippen molar-refractivity contribution in [1.82, 2.24) is 4.90 Å². The Kier molecular flexibility index (Phi) is 5.86. The first-order valence-corrected chi connectivity index (χ1v) is 10.7. The zero-order chi connectivity index (χ0) is 22.3. The number of benzene rings is 3. The molecule has 1 aliphatic heterocycles. The van der Waals surface area contributed by atoms with Gasteiger partial charge in [-0.2, -0.15) is 0 Å². The number of fused-ring (bicyclic) bond motifs is 6. The maximum atomic E-state index is 11.3. The number of hydrogen-bond donors (Lipinski definition) is 1. The van der Waals surface area contributed by atoms with Crippen LogP contribution in [0.15, 0.2) is 24.3 Å². The zero-order valence-corrected chi connectivity index (χ0v) is 19.1. The van der Waals surface area contributed by atoms with Crippen LogP contribution >= 0.6 is 0 Å². The van der Waals surface area contributed by atoms with Gasteiger partial charge in [0.15, 0.2) is 23.0 Å². The van der Waals surface area contributed by atoms with Gasteiger partial charge in [-0.3, -0.25) is 4.90 Å². The molecule has 0 saturated heterocycles. The number of ether oxygens (including phenoxy) is 4. The van der Waals surface area contributed by atoms with E-state index in [1.807, 2.05) is 24.3 Å². The highest BCUT2D eigenvalue weighted by Crippen LogP contribution is 2.46. The summed E-state index contributed by atoms with van der Waals surface area (Å²) in [6, 6.07) is 8.37. The fourth-order valence-corrected chi connectivity index (χ4v) is 4.71. The molecular formula is C25H31NO5. The first-order chi connectivity index (χ1) is 15.0. The summed E-state index contributed by atoms with van der Waals surface area (Å²) >= 11 is 0.